The van der Waals surface area contributed by atoms with Crippen molar-refractivity contribution in [3.05, 3.63) is 88.9 Å². The van der Waals surface area contributed by atoms with Crippen molar-refractivity contribution in [2.24, 2.45) is 0 Å². The van der Waals surface area contributed by atoms with Crippen LogP contribution in [0.2, 0.25) is 5.02 Å². The van der Waals surface area contributed by atoms with Gasteiger partial charge in [0.15, 0.2) is 5.69 Å². The lowest BCUT2D eigenvalue weighted by atomic mass is 10.1. The number of nitrogens with one attached hydrogen (secondary N) is 1. The molecule has 1 N–H and O–H groups in total. The van der Waals surface area contributed by atoms with Crippen LogP contribution in [0.3, 0.4) is 0 Å². The minimum Gasteiger partial charge on any atom is -0.493 e. The third-order valence-corrected chi connectivity index (χ3v) is 6.28. The first kappa shape index (κ1) is 21.6. The van der Waals surface area contributed by atoms with Crippen LogP contribution in [0, 0.1) is 0 Å². The molecule has 1 aliphatic rings. The van der Waals surface area contributed by atoms with Crippen LogP contribution in [-0.2, 0) is 5.75 Å². The van der Waals surface area contributed by atoms with Crippen LogP contribution in [0.4, 0.5) is 5.69 Å². The van der Waals surface area contributed by atoms with E-state index in [-0.39, 0.29) is 0 Å². The first-order valence-electron chi connectivity index (χ1n) is 10.6. The van der Waals surface area contributed by atoms with Crippen LogP contribution in [-0.4, -0.2) is 21.8 Å². The Hall–Kier alpha value is -3.29. The summed E-state index contributed by atoms with van der Waals surface area (Å²) in [7, 11) is 0. The number of hydrogen-bond donors (Lipinski definition) is 1. The van der Waals surface area contributed by atoms with Gasteiger partial charge in [-0.15, -0.1) is 10.2 Å². The molecule has 5 rings (SSSR count). The van der Waals surface area contributed by atoms with Crippen molar-refractivity contribution in [2.75, 3.05) is 11.9 Å². The Morgan fingerprint density at radius 1 is 1.00 bits per heavy atom. The molecule has 0 fully saturated rings. The van der Waals surface area contributed by atoms with E-state index in [1.165, 1.54) is 11.8 Å². The van der Waals surface area contributed by atoms with E-state index in [0.717, 1.165) is 28.1 Å². The standard InChI is InChI=1S/C25H21ClN4O2S/c1-2-31-21-10-6-4-8-19(21)23-27-20-9-5-3-7-18(20)22-24(32-23)28-25(30-29-22)33-15-16-11-13-17(26)14-12-16/h3-14,23,27H,2,15H2,1H3. The molecule has 3 aromatic carbocycles. The summed E-state index contributed by atoms with van der Waals surface area (Å²) in [6, 6.07) is 23.5. The molecular weight excluding hydrogens is 456 g/mol. The Morgan fingerprint density at radius 3 is 2.64 bits per heavy atom. The molecule has 1 atom stereocenters. The second-order valence-electron chi connectivity index (χ2n) is 7.32. The molecule has 0 saturated heterocycles. The number of ether oxygens (including phenoxy) is 2. The molecule has 0 amide bonds. The number of hydrogen-bond acceptors (Lipinski definition) is 7. The quantitative estimate of drug-likeness (QED) is 0.323. The van der Waals surface area contributed by atoms with E-state index < -0.39 is 6.23 Å². The molecule has 0 saturated carbocycles. The Bertz CT molecular complexity index is 1270. The van der Waals surface area contributed by atoms with Crippen molar-refractivity contribution in [2.45, 2.75) is 24.1 Å². The average molecular weight is 477 g/mol. The highest BCUT2D eigenvalue weighted by Gasteiger charge is 2.27. The van der Waals surface area contributed by atoms with Crippen LogP contribution >= 0.6 is 23.4 Å². The molecule has 4 aromatic rings. The van der Waals surface area contributed by atoms with Gasteiger partial charge in [-0.3, -0.25) is 0 Å². The molecule has 0 aliphatic carbocycles. The highest BCUT2D eigenvalue weighted by atomic mass is 35.5. The molecule has 8 heteroatoms. The second-order valence-corrected chi connectivity index (χ2v) is 8.70. The van der Waals surface area contributed by atoms with Gasteiger partial charge < -0.3 is 14.8 Å². The highest BCUT2D eigenvalue weighted by Crippen LogP contribution is 2.41. The molecule has 2 heterocycles. The highest BCUT2D eigenvalue weighted by molar-refractivity contribution is 7.98. The summed E-state index contributed by atoms with van der Waals surface area (Å²) in [5.41, 5.74) is 4.39. The molecule has 0 spiro atoms. The number of anilines is 1. The molecule has 6 nitrogen and oxygen atoms in total. The maximum absolute atomic E-state index is 6.39. The summed E-state index contributed by atoms with van der Waals surface area (Å²) in [5.74, 6) is 1.89. The van der Waals surface area contributed by atoms with Crippen molar-refractivity contribution >= 4 is 29.1 Å². The monoisotopic (exact) mass is 476 g/mol. The predicted octanol–water partition coefficient (Wildman–Crippen LogP) is 6.39. The van der Waals surface area contributed by atoms with Gasteiger partial charge >= 0.3 is 0 Å². The van der Waals surface area contributed by atoms with E-state index in [2.05, 4.69) is 15.5 Å². The predicted molar refractivity (Wildman–Crippen MR) is 131 cm³/mol. The lowest BCUT2D eigenvalue weighted by molar-refractivity contribution is 0.217. The van der Waals surface area contributed by atoms with Crippen molar-refractivity contribution < 1.29 is 9.47 Å². The lowest BCUT2D eigenvalue weighted by Crippen LogP contribution is -2.18. The fourth-order valence-electron chi connectivity index (χ4n) is 3.56. The Balaban J connectivity index is 1.49. The van der Waals surface area contributed by atoms with E-state index in [0.29, 0.717) is 34.1 Å². The SMILES string of the molecule is CCOc1ccccc1C1Nc2ccccc2-c2nnc(SCc3ccc(Cl)cc3)nc2O1. The smallest absolute Gasteiger partial charge is 0.247 e. The Labute approximate surface area is 201 Å². The number of benzene rings is 3. The van der Waals surface area contributed by atoms with E-state index in [1.807, 2.05) is 79.7 Å². The topological polar surface area (TPSA) is 69.2 Å². The zero-order valence-corrected chi connectivity index (χ0v) is 19.4. The second kappa shape index (κ2) is 9.68. The molecular formula is C25H21ClN4O2S. The normalized spacial score (nSPS) is 14.3. The third-order valence-electron chi connectivity index (χ3n) is 5.12. The minimum absolute atomic E-state index is 0.428. The minimum atomic E-state index is -0.499. The van der Waals surface area contributed by atoms with E-state index in [9.17, 15) is 0 Å². The molecule has 0 radical (unpaired) electrons. The molecule has 1 aliphatic heterocycles. The summed E-state index contributed by atoms with van der Waals surface area (Å²) < 4.78 is 12.2. The number of rotatable bonds is 6. The van der Waals surface area contributed by atoms with E-state index in [4.69, 9.17) is 26.1 Å². The van der Waals surface area contributed by atoms with Crippen LogP contribution in [0.15, 0.2) is 78.0 Å². The van der Waals surface area contributed by atoms with Gasteiger partial charge in [0.05, 0.1) is 12.2 Å². The summed E-state index contributed by atoms with van der Waals surface area (Å²) in [5, 5.41) is 13.6. The molecule has 33 heavy (non-hydrogen) atoms. The third kappa shape index (κ3) is 4.74. The van der Waals surface area contributed by atoms with Gasteiger partial charge in [-0.05, 0) is 42.8 Å². The first-order chi connectivity index (χ1) is 16.2. The van der Waals surface area contributed by atoms with Crippen LogP contribution in [0.5, 0.6) is 11.6 Å². The fraction of sp³-hybridized carbons (Fsp3) is 0.160. The average Bonchev–Trinajstić information content (AvgIpc) is 3.01. The Morgan fingerprint density at radius 2 is 1.79 bits per heavy atom. The molecule has 1 aromatic heterocycles. The van der Waals surface area contributed by atoms with Gasteiger partial charge in [0.25, 0.3) is 0 Å². The van der Waals surface area contributed by atoms with E-state index in [1.54, 1.807) is 0 Å². The molecule has 0 bridgehead atoms. The van der Waals surface area contributed by atoms with E-state index >= 15 is 0 Å². The largest absolute Gasteiger partial charge is 0.493 e. The van der Waals surface area contributed by atoms with Crippen molar-refractivity contribution in [3.63, 3.8) is 0 Å². The number of para-hydroxylation sites is 2. The maximum Gasteiger partial charge on any atom is 0.247 e. The van der Waals surface area contributed by atoms with Gasteiger partial charge in [0.2, 0.25) is 17.3 Å². The Kier molecular flexibility index (Phi) is 6.32. The first-order valence-corrected chi connectivity index (χ1v) is 11.9. The number of halogens is 1. The number of nitrogens with zero attached hydrogens (tertiary/aromatic N) is 3. The summed E-state index contributed by atoms with van der Waals surface area (Å²) in [6.07, 6.45) is -0.499. The van der Waals surface area contributed by atoms with Gasteiger partial charge in [0, 0.05) is 22.0 Å². The molecule has 166 valence electrons. The van der Waals surface area contributed by atoms with Gasteiger partial charge in [0.1, 0.15) is 5.75 Å². The van der Waals surface area contributed by atoms with Gasteiger partial charge in [-0.25, -0.2) is 0 Å². The summed E-state index contributed by atoms with van der Waals surface area (Å²) in [4.78, 5) is 4.72. The maximum atomic E-state index is 6.39. The number of fused-ring (bicyclic) bond motifs is 3. The summed E-state index contributed by atoms with van der Waals surface area (Å²) >= 11 is 7.48. The van der Waals surface area contributed by atoms with Crippen molar-refractivity contribution in [3.8, 4) is 22.9 Å². The lowest BCUT2D eigenvalue weighted by Gasteiger charge is -2.21. The fourth-order valence-corrected chi connectivity index (χ4v) is 4.42. The van der Waals surface area contributed by atoms with Gasteiger partial charge in [-0.1, -0.05) is 65.8 Å². The van der Waals surface area contributed by atoms with Crippen LogP contribution < -0.4 is 14.8 Å². The van der Waals surface area contributed by atoms with Crippen LogP contribution in [0.25, 0.3) is 11.3 Å². The van der Waals surface area contributed by atoms with Crippen molar-refractivity contribution in [1.82, 2.24) is 15.2 Å². The summed E-state index contributed by atoms with van der Waals surface area (Å²) in [6.45, 7) is 2.52. The van der Waals surface area contributed by atoms with Gasteiger partial charge in [-0.2, -0.15) is 4.98 Å². The number of thioether (sulfide) groups is 1. The zero-order valence-electron chi connectivity index (χ0n) is 17.9. The number of aromatic nitrogens is 3. The molecule has 1 unspecified atom stereocenters. The van der Waals surface area contributed by atoms with Crippen molar-refractivity contribution in [1.29, 1.82) is 0 Å². The van der Waals surface area contributed by atoms with Crippen LogP contribution in [0.1, 0.15) is 24.3 Å². The zero-order chi connectivity index (χ0) is 22.6.